The molecule has 0 bridgehead atoms. The molecular weight excluding hydrogens is 440 g/mol. The first-order chi connectivity index (χ1) is 16.0. The molecule has 8 nitrogen and oxygen atoms in total. The van der Waals surface area contributed by atoms with E-state index in [4.69, 9.17) is 9.47 Å². The summed E-state index contributed by atoms with van der Waals surface area (Å²) in [6, 6.07) is 5.79. The van der Waals surface area contributed by atoms with Crippen LogP contribution in [0.4, 0.5) is 0 Å². The minimum atomic E-state index is -0.264. The average Bonchev–Trinajstić information content (AvgIpc) is 3.16. The van der Waals surface area contributed by atoms with E-state index in [1.54, 1.807) is 11.3 Å². The fourth-order valence-electron chi connectivity index (χ4n) is 4.18. The quantitative estimate of drug-likeness (QED) is 0.516. The second-order valence-corrected chi connectivity index (χ2v) is 9.41. The van der Waals surface area contributed by atoms with Crippen molar-refractivity contribution in [1.29, 1.82) is 0 Å². The van der Waals surface area contributed by atoms with Crippen molar-refractivity contribution in [3.05, 3.63) is 44.6 Å². The van der Waals surface area contributed by atoms with Gasteiger partial charge in [-0.3, -0.25) is 9.59 Å². The Hall–Kier alpha value is -2.94. The van der Waals surface area contributed by atoms with Gasteiger partial charge in [0.05, 0.1) is 18.6 Å². The number of nitrogens with zero attached hydrogens (tertiary/aromatic N) is 3. The van der Waals surface area contributed by atoms with Gasteiger partial charge in [0.1, 0.15) is 6.54 Å². The lowest BCUT2D eigenvalue weighted by atomic mass is 9.89. The van der Waals surface area contributed by atoms with Crippen LogP contribution in [0.15, 0.2) is 23.0 Å². The number of hydrogen-bond donors (Lipinski definition) is 1. The van der Waals surface area contributed by atoms with E-state index in [0.29, 0.717) is 53.8 Å². The second kappa shape index (κ2) is 10.3. The van der Waals surface area contributed by atoms with Crippen molar-refractivity contribution < 1.29 is 14.3 Å². The summed E-state index contributed by atoms with van der Waals surface area (Å²) < 4.78 is 12.4. The van der Waals surface area contributed by atoms with Gasteiger partial charge >= 0.3 is 0 Å². The van der Waals surface area contributed by atoms with Gasteiger partial charge in [-0.1, -0.05) is 18.2 Å². The first kappa shape index (κ1) is 23.2. The Morgan fingerprint density at radius 1 is 1.24 bits per heavy atom. The summed E-state index contributed by atoms with van der Waals surface area (Å²) in [5.74, 6) is 1.77. The number of rotatable bonds is 9. The molecule has 33 heavy (non-hydrogen) atoms. The Labute approximate surface area is 196 Å². The van der Waals surface area contributed by atoms with E-state index in [1.165, 1.54) is 9.56 Å². The first-order valence-electron chi connectivity index (χ1n) is 11.5. The van der Waals surface area contributed by atoms with Crippen molar-refractivity contribution in [3.63, 3.8) is 0 Å². The zero-order valence-corrected chi connectivity index (χ0v) is 20.2. The normalized spacial score (nSPS) is 15.3. The molecule has 0 saturated carbocycles. The van der Waals surface area contributed by atoms with Crippen LogP contribution in [0.5, 0.6) is 11.5 Å². The molecule has 9 heteroatoms. The number of carbonyl (C=O) groups is 1. The standard InChI is InChI=1S/C24H30N4O4S/c1-4-31-18-9-7-16(13-19(18)32-5-2)10-11-25-21(29)14-28-24(30)22-17-8-6-15(3)12-20(17)33-23(22)26-27-28/h7,9,13,15H,4-6,8,10-12,14H2,1-3H3,(H,25,29). The number of carbonyl (C=O) groups excluding carboxylic acids is 1. The van der Waals surface area contributed by atoms with Gasteiger partial charge in [0.15, 0.2) is 16.3 Å². The van der Waals surface area contributed by atoms with E-state index in [1.807, 2.05) is 32.0 Å². The number of aryl methyl sites for hydroxylation is 1. The third-order valence-corrected chi connectivity index (χ3v) is 6.96. The Bertz CT molecular complexity index is 1200. The van der Waals surface area contributed by atoms with Gasteiger partial charge in [0.2, 0.25) is 5.91 Å². The van der Waals surface area contributed by atoms with Gasteiger partial charge in [-0.15, -0.1) is 16.4 Å². The maximum atomic E-state index is 13.0. The number of aromatic nitrogens is 3. The minimum Gasteiger partial charge on any atom is -0.490 e. The third-order valence-electron chi connectivity index (χ3n) is 5.82. The number of amides is 1. The summed E-state index contributed by atoms with van der Waals surface area (Å²) in [7, 11) is 0. The lowest BCUT2D eigenvalue weighted by Crippen LogP contribution is -2.35. The maximum absolute atomic E-state index is 13.0. The van der Waals surface area contributed by atoms with Crippen LogP contribution >= 0.6 is 11.3 Å². The summed E-state index contributed by atoms with van der Waals surface area (Å²) in [6.45, 7) is 7.50. The van der Waals surface area contributed by atoms with E-state index in [9.17, 15) is 9.59 Å². The molecule has 1 unspecified atom stereocenters. The van der Waals surface area contributed by atoms with E-state index in [2.05, 4.69) is 22.6 Å². The van der Waals surface area contributed by atoms with Crippen molar-refractivity contribution in [3.8, 4) is 11.5 Å². The Balaban J connectivity index is 1.39. The highest BCUT2D eigenvalue weighted by molar-refractivity contribution is 7.18. The smallest absolute Gasteiger partial charge is 0.279 e. The van der Waals surface area contributed by atoms with E-state index < -0.39 is 0 Å². The summed E-state index contributed by atoms with van der Waals surface area (Å²) in [5.41, 5.74) is 1.90. The Kier molecular flexibility index (Phi) is 7.27. The van der Waals surface area contributed by atoms with Crippen molar-refractivity contribution in [2.45, 2.75) is 53.0 Å². The molecule has 0 spiro atoms. The molecule has 0 radical (unpaired) electrons. The molecule has 1 amide bonds. The van der Waals surface area contributed by atoms with Gasteiger partial charge < -0.3 is 14.8 Å². The zero-order valence-electron chi connectivity index (χ0n) is 19.3. The summed E-state index contributed by atoms with van der Waals surface area (Å²) >= 11 is 1.56. The van der Waals surface area contributed by atoms with Crippen molar-refractivity contribution >= 4 is 27.5 Å². The van der Waals surface area contributed by atoms with Gasteiger partial charge in [-0.05, 0) is 68.7 Å². The average molecular weight is 471 g/mol. The molecule has 176 valence electrons. The van der Waals surface area contributed by atoms with Crippen LogP contribution in [0, 0.1) is 5.92 Å². The monoisotopic (exact) mass is 470 g/mol. The first-order valence-corrected chi connectivity index (χ1v) is 12.3. The van der Waals surface area contributed by atoms with Crippen LogP contribution in [-0.2, 0) is 30.6 Å². The SMILES string of the molecule is CCOc1ccc(CCNC(=O)Cn2nnc3sc4c(c3c2=O)CCC(C)C4)cc1OCC. The summed E-state index contributed by atoms with van der Waals surface area (Å²) in [5, 5.41) is 11.8. The van der Waals surface area contributed by atoms with Crippen LogP contribution in [0.2, 0.25) is 0 Å². The summed E-state index contributed by atoms with van der Waals surface area (Å²) in [4.78, 5) is 27.4. The number of ether oxygens (including phenoxy) is 2. The molecule has 2 aromatic heterocycles. The fraction of sp³-hybridized carbons (Fsp3) is 0.500. The number of nitrogens with one attached hydrogen (secondary N) is 1. The van der Waals surface area contributed by atoms with Gasteiger partial charge in [-0.2, -0.15) is 0 Å². The fourth-order valence-corrected chi connectivity index (χ4v) is 5.50. The summed E-state index contributed by atoms with van der Waals surface area (Å²) in [6.07, 6.45) is 3.56. The molecule has 4 rings (SSSR count). The van der Waals surface area contributed by atoms with Crippen LogP contribution in [0.3, 0.4) is 0 Å². The molecule has 0 aliphatic heterocycles. The maximum Gasteiger partial charge on any atom is 0.279 e. The highest BCUT2D eigenvalue weighted by Gasteiger charge is 2.24. The lowest BCUT2D eigenvalue weighted by molar-refractivity contribution is -0.121. The number of thiophene rings is 1. The van der Waals surface area contributed by atoms with Crippen molar-refractivity contribution in [1.82, 2.24) is 20.3 Å². The predicted molar refractivity (Wildman–Crippen MR) is 128 cm³/mol. The molecule has 2 heterocycles. The minimum absolute atomic E-state index is 0.143. The number of fused-ring (bicyclic) bond motifs is 3. The van der Waals surface area contributed by atoms with Crippen LogP contribution in [0.1, 0.15) is 43.2 Å². The molecule has 1 aliphatic rings. The van der Waals surface area contributed by atoms with Crippen LogP contribution in [-0.4, -0.2) is 40.7 Å². The van der Waals surface area contributed by atoms with E-state index >= 15 is 0 Å². The van der Waals surface area contributed by atoms with E-state index in [0.717, 1.165) is 30.4 Å². The lowest BCUT2D eigenvalue weighted by Gasteiger charge is -2.17. The topological polar surface area (TPSA) is 95.3 Å². The molecule has 1 aliphatic carbocycles. The molecule has 0 fully saturated rings. The molecule has 0 saturated heterocycles. The van der Waals surface area contributed by atoms with E-state index in [-0.39, 0.29) is 18.0 Å². The molecule has 1 atom stereocenters. The highest BCUT2D eigenvalue weighted by atomic mass is 32.1. The van der Waals surface area contributed by atoms with Gasteiger partial charge in [0.25, 0.3) is 5.56 Å². The van der Waals surface area contributed by atoms with Crippen molar-refractivity contribution in [2.24, 2.45) is 5.92 Å². The predicted octanol–water partition coefficient (Wildman–Crippen LogP) is 3.13. The molecule has 1 N–H and O–H groups in total. The Morgan fingerprint density at radius 2 is 2.03 bits per heavy atom. The van der Waals surface area contributed by atoms with Crippen molar-refractivity contribution in [2.75, 3.05) is 19.8 Å². The number of hydrogen-bond acceptors (Lipinski definition) is 7. The molecular formula is C24H30N4O4S. The Morgan fingerprint density at radius 3 is 2.82 bits per heavy atom. The van der Waals surface area contributed by atoms with Crippen LogP contribution < -0.4 is 20.3 Å². The second-order valence-electron chi connectivity index (χ2n) is 8.33. The van der Waals surface area contributed by atoms with Crippen LogP contribution in [0.25, 0.3) is 10.2 Å². The molecule has 1 aromatic carbocycles. The highest BCUT2D eigenvalue weighted by Crippen LogP contribution is 2.35. The number of benzene rings is 1. The van der Waals surface area contributed by atoms with Gasteiger partial charge in [0, 0.05) is 11.4 Å². The largest absolute Gasteiger partial charge is 0.490 e. The zero-order chi connectivity index (χ0) is 23.4. The molecule has 3 aromatic rings. The third kappa shape index (κ3) is 5.19. The van der Waals surface area contributed by atoms with Gasteiger partial charge in [-0.25, -0.2) is 4.68 Å².